The first-order valence-corrected chi connectivity index (χ1v) is 8.74. The monoisotopic (exact) mass is 404 g/mol. The fourth-order valence-corrected chi connectivity index (χ4v) is 2.93. The van der Waals surface area contributed by atoms with Gasteiger partial charge in [-0.25, -0.2) is 4.68 Å². The van der Waals surface area contributed by atoms with E-state index in [0.29, 0.717) is 17.1 Å². The molecule has 0 spiro atoms. The van der Waals surface area contributed by atoms with Crippen molar-refractivity contribution in [2.24, 2.45) is 7.05 Å². The van der Waals surface area contributed by atoms with E-state index >= 15 is 0 Å². The van der Waals surface area contributed by atoms with E-state index in [4.69, 9.17) is 12.2 Å². The molecule has 0 atom stereocenters. The van der Waals surface area contributed by atoms with E-state index in [1.54, 1.807) is 23.9 Å². The highest BCUT2D eigenvalue weighted by molar-refractivity contribution is 7.80. The van der Waals surface area contributed by atoms with Crippen LogP contribution in [-0.4, -0.2) is 21.1 Å². The lowest BCUT2D eigenvalue weighted by atomic mass is 10.3. The van der Waals surface area contributed by atoms with Gasteiger partial charge in [-0.05, 0) is 55.5 Å². The van der Waals surface area contributed by atoms with Gasteiger partial charge in [0.25, 0.3) is 5.56 Å². The Morgan fingerprint density at radius 2 is 1.71 bits per heavy atom. The van der Waals surface area contributed by atoms with Crippen LogP contribution in [0.3, 0.4) is 0 Å². The van der Waals surface area contributed by atoms with Crippen molar-refractivity contribution >= 4 is 28.7 Å². The number of halogens is 2. The molecule has 6 nitrogen and oxygen atoms in total. The number of hydrogen-bond acceptors (Lipinski definition) is 3. The van der Waals surface area contributed by atoms with Gasteiger partial charge in [0.2, 0.25) is 0 Å². The Balaban J connectivity index is 1.77. The molecule has 28 heavy (non-hydrogen) atoms. The Bertz CT molecular complexity index is 1030. The van der Waals surface area contributed by atoms with Crippen LogP contribution in [0.1, 0.15) is 5.69 Å². The molecule has 2 aromatic carbocycles. The van der Waals surface area contributed by atoms with Crippen LogP contribution in [0.2, 0.25) is 0 Å². The number of rotatable bonds is 5. The molecule has 0 aliphatic carbocycles. The molecule has 0 aliphatic heterocycles. The van der Waals surface area contributed by atoms with E-state index in [1.807, 2.05) is 37.3 Å². The molecule has 1 aromatic heterocycles. The van der Waals surface area contributed by atoms with Gasteiger partial charge >= 0.3 is 6.61 Å². The van der Waals surface area contributed by atoms with Gasteiger partial charge in [0.15, 0.2) is 5.11 Å². The van der Waals surface area contributed by atoms with Crippen LogP contribution in [0, 0.1) is 6.92 Å². The first-order chi connectivity index (χ1) is 13.4. The molecule has 0 saturated carbocycles. The average molecular weight is 404 g/mol. The van der Waals surface area contributed by atoms with E-state index in [2.05, 4.69) is 15.4 Å². The van der Waals surface area contributed by atoms with Crippen LogP contribution in [0.4, 0.5) is 20.2 Å². The number of nitrogens with one attached hydrogen (secondary N) is 2. The average Bonchev–Trinajstić information content (AvgIpc) is 2.87. The molecular weight excluding hydrogens is 386 g/mol. The third-order valence-corrected chi connectivity index (χ3v) is 4.33. The summed E-state index contributed by atoms with van der Waals surface area (Å²) in [6.07, 6.45) is 0. The number of alkyl halides is 2. The van der Waals surface area contributed by atoms with Crippen molar-refractivity contribution in [1.82, 2.24) is 9.36 Å². The molecule has 3 rings (SSSR count). The molecule has 2 N–H and O–H groups in total. The maximum absolute atomic E-state index is 12.9. The van der Waals surface area contributed by atoms with Crippen LogP contribution >= 0.6 is 12.2 Å². The third-order valence-electron chi connectivity index (χ3n) is 4.13. The molecule has 0 unspecified atom stereocenters. The molecule has 0 aliphatic rings. The van der Waals surface area contributed by atoms with Crippen molar-refractivity contribution in [2.75, 3.05) is 10.6 Å². The summed E-state index contributed by atoms with van der Waals surface area (Å²) in [5, 5.41) is 6.04. The second-order valence-corrected chi connectivity index (χ2v) is 6.33. The summed E-state index contributed by atoms with van der Waals surface area (Å²) in [7, 11) is 1.78. The second kappa shape index (κ2) is 8.22. The van der Waals surface area contributed by atoms with E-state index < -0.39 is 6.61 Å². The van der Waals surface area contributed by atoms with E-state index in [1.165, 1.54) is 16.8 Å². The summed E-state index contributed by atoms with van der Waals surface area (Å²) >= 11 is 5.28. The van der Waals surface area contributed by atoms with Gasteiger partial charge < -0.3 is 15.4 Å². The van der Waals surface area contributed by atoms with Gasteiger partial charge in [-0.3, -0.25) is 9.48 Å². The zero-order chi connectivity index (χ0) is 20.3. The highest BCUT2D eigenvalue weighted by Crippen LogP contribution is 2.18. The molecule has 0 saturated heterocycles. The van der Waals surface area contributed by atoms with Crippen molar-refractivity contribution in [3.63, 3.8) is 0 Å². The summed E-state index contributed by atoms with van der Waals surface area (Å²) in [4.78, 5) is 12.9. The smallest absolute Gasteiger partial charge is 0.387 e. The van der Waals surface area contributed by atoms with Crippen molar-refractivity contribution in [3.05, 3.63) is 70.6 Å². The van der Waals surface area contributed by atoms with Crippen LogP contribution in [0.5, 0.6) is 5.75 Å². The first kappa shape index (κ1) is 19.6. The quantitative estimate of drug-likeness (QED) is 0.632. The zero-order valence-electron chi connectivity index (χ0n) is 15.1. The minimum atomic E-state index is -2.88. The Morgan fingerprint density at radius 3 is 2.32 bits per heavy atom. The molecule has 9 heteroatoms. The number of anilines is 2. The molecule has 0 radical (unpaired) electrons. The number of ether oxygens (including phenoxy) is 1. The Kier molecular flexibility index (Phi) is 5.74. The van der Waals surface area contributed by atoms with Crippen LogP contribution < -0.4 is 20.9 Å². The number of para-hydroxylation sites is 1. The predicted molar refractivity (Wildman–Crippen MR) is 109 cm³/mol. The summed E-state index contributed by atoms with van der Waals surface area (Å²) in [6.45, 7) is -1.07. The standard InChI is InChI=1S/C19H18F2N4O2S/c1-12-16(17(26)25(24(12)2)14-6-4-3-5-7-14)23-19(28)22-13-8-10-15(11-9-13)27-18(20)21/h3-11,18H,1-2H3,(H2,22,23,28). The normalized spacial score (nSPS) is 10.8. The van der Waals surface area contributed by atoms with Gasteiger partial charge in [-0.1, -0.05) is 18.2 Å². The molecular formula is C19H18F2N4O2S. The Labute approximate surface area is 165 Å². The second-order valence-electron chi connectivity index (χ2n) is 5.92. The highest BCUT2D eigenvalue weighted by Gasteiger charge is 2.17. The van der Waals surface area contributed by atoms with Gasteiger partial charge in [0, 0.05) is 12.7 Å². The predicted octanol–water partition coefficient (Wildman–Crippen LogP) is 3.89. The maximum Gasteiger partial charge on any atom is 0.387 e. The minimum absolute atomic E-state index is 0.0454. The largest absolute Gasteiger partial charge is 0.435 e. The summed E-state index contributed by atoms with van der Waals surface area (Å²) < 4.78 is 32.0. The molecule has 0 amide bonds. The topological polar surface area (TPSA) is 60.2 Å². The Hall–Kier alpha value is -3.20. The SMILES string of the molecule is Cc1c(NC(=S)Nc2ccc(OC(F)F)cc2)c(=O)n(-c2ccccc2)n1C. The fraction of sp³-hybridized carbons (Fsp3) is 0.158. The van der Waals surface area contributed by atoms with E-state index in [9.17, 15) is 13.6 Å². The molecule has 1 heterocycles. The minimum Gasteiger partial charge on any atom is -0.435 e. The third kappa shape index (κ3) is 4.20. The lowest BCUT2D eigenvalue weighted by Gasteiger charge is -2.10. The van der Waals surface area contributed by atoms with E-state index in [-0.39, 0.29) is 16.4 Å². The highest BCUT2D eigenvalue weighted by atomic mass is 32.1. The van der Waals surface area contributed by atoms with Gasteiger partial charge in [0.05, 0.1) is 11.4 Å². The van der Waals surface area contributed by atoms with Crippen LogP contribution in [0.15, 0.2) is 59.4 Å². The number of benzene rings is 2. The molecule has 0 fully saturated rings. The van der Waals surface area contributed by atoms with Gasteiger partial charge in [0.1, 0.15) is 11.4 Å². The van der Waals surface area contributed by atoms with Crippen LogP contribution in [-0.2, 0) is 7.05 Å². The van der Waals surface area contributed by atoms with Crippen molar-refractivity contribution in [3.8, 4) is 11.4 Å². The van der Waals surface area contributed by atoms with Gasteiger partial charge in [-0.2, -0.15) is 8.78 Å². The summed E-state index contributed by atoms with van der Waals surface area (Å²) in [5.41, 5.74) is 2.12. The zero-order valence-corrected chi connectivity index (χ0v) is 16.0. The summed E-state index contributed by atoms with van der Waals surface area (Å²) in [5.74, 6) is 0.0454. The molecule has 0 bridgehead atoms. The lowest BCUT2D eigenvalue weighted by Crippen LogP contribution is -2.25. The molecule has 3 aromatic rings. The lowest BCUT2D eigenvalue weighted by molar-refractivity contribution is -0.0498. The first-order valence-electron chi connectivity index (χ1n) is 8.33. The van der Waals surface area contributed by atoms with E-state index in [0.717, 1.165) is 5.69 Å². The maximum atomic E-state index is 12.9. The van der Waals surface area contributed by atoms with Crippen molar-refractivity contribution in [1.29, 1.82) is 0 Å². The molecule has 146 valence electrons. The number of hydrogen-bond donors (Lipinski definition) is 2. The Morgan fingerprint density at radius 1 is 1.07 bits per heavy atom. The fourth-order valence-electron chi connectivity index (χ4n) is 2.71. The number of aromatic nitrogens is 2. The summed E-state index contributed by atoms with van der Waals surface area (Å²) in [6, 6.07) is 15.1. The van der Waals surface area contributed by atoms with Crippen molar-refractivity contribution < 1.29 is 13.5 Å². The number of nitrogens with zero attached hydrogens (tertiary/aromatic N) is 2. The van der Waals surface area contributed by atoms with Crippen LogP contribution in [0.25, 0.3) is 5.69 Å². The number of thiocarbonyl (C=S) groups is 1. The van der Waals surface area contributed by atoms with Gasteiger partial charge in [-0.15, -0.1) is 0 Å². The van der Waals surface area contributed by atoms with Crippen molar-refractivity contribution in [2.45, 2.75) is 13.5 Å².